The first kappa shape index (κ1) is 14.2. The van der Waals surface area contributed by atoms with Gasteiger partial charge >= 0.3 is 11.1 Å². The van der Waals surface area contributed by atoms with E-state index in [1.807, 2.05) is 0 Å². The van der Waals surface area contributed by atoms with Gasteiger partial charge in [0.25, 0.3) is 0 Å². The topological polar surface area (TPSA) is 91.7 Å². The third-order valence-electron chi connectivity index (χ3n) is 3.54. The molecule has 5 nitrogen and oxygen atoms in total. The van der Waals surface area contributed by atoms with Crippen LogP contribution in [0.5, 0.6) is 0 Å². The molecule has 0 spiro atoms. The van der Waals surface area contributed by atoms with E-state index in [2.05, 4.69) is 9.97 Å². The fraction of sp³-hybridized carbons (Fsp3) is 0.125. The number of nitrogens with one attached hydrogen (secondary N) is 2. The van der Waals surface area contributed by atoms with Gasteiger partial charge in [0.05, 0.1) is 11.0 Å². The summed E-state index contributed by atoms with van der Waals surface area (Å²) in [6.45, 7) is 0. The van der Waals surface area contributed by atoms with E-state index in [1.165, 1.54) is 12.1 Å². The van der Waals surface area contributed by atoms with E-state index in [9.17, 15) is 14.0 Å². The maximum absolute atomic E-state index is 12.9. The van der Waals surface area contributed by atoms with Crippen molar-refractivity contribution in [1.29, 1.82) is 0 Å². The van der Waals surface area contributed by atoms with E-state index in [0.717, 1.165) is 11.1 Å². The minimum absolute atomic E-state index is 0.287. The molecule has 4 N–H and O–H groups in total. The van der Waals surface area contributed by atoms with E-state index in [4.69, 9.17) is 5.73 Å². The van der Waals surface area contributed by atoms with E-state index in [0.29, 0.717) is 17.5 Å². The first-order chi connectivity index (χ1) is 10.5. The molecule has 3 rings (SSSR count). The second-order valence-corrected chi connectivity index (χ2v) is 5.15. The minimum atomic E-state index is -0.697. The zero-order chi connectivity index (χ0) is 15.7. The van der Waals surface area contributed by atoms with Gasteiger partial charge in [0.15, 0.2) is 0 Å². The van der Waals surface area contributed by atoms with Gasteiger partial charge in [0.1, 0.15) is 5.82 Å². The molecule has 1 heterocycles. The highest BCUT2D eigenvalue weighted by atomic mass is 19.1. The molecule has 1 atom stereocenters. The number of hydrogen-bond acceptors (Lipinski definition) is 3. The van der Waals surface area contributed by atoms with Gasteiger partial charge in [0.2, 0.25) is 0 Å². The third kappa shape index (κ3) is 2.82. The van der Waals surface area contributed by atoms with Crippen LogP contribution in [0, 0.1) is 5.82 Å². The predicted octanol–water partition coefficient (Wildman–Crippen LogP) is 1.60. The molecular weight excluding hydrogens is 285 g/mol. The minimum Gasteiger partial charge on any atom is -0.324 e. The number of fused-ring (bicyclic) bond motifs is 1. The smallest absolute Gasteiger partial charge is 0.314 e. The van der Waals surface area contributed by atoms with E-state index < -0.39 is 11.1 Å². The summed E-state index contributed by atoms with van der Waals surface area (Å²) in [5.41, 5.74) is 7.59. The highest BCUT2D eigenvalue weighted by Gasteiger charge is 2.09. The lowest BCUT2D eigenvalue weighted by Crippen LogP contribution is -2.29. The summed E-state index contributed by atoms with van der Waals surface area (Å²) in [7, 11) is 0. The summed E-state index contributed by atoms with van der Waals surface area (Å²) < 4.78 is 12.9. The van der Waals surface area contributed by atoms with Crippen molar-refractivity contribution in [1.82, 2.24) is 9.97 Å². The number of H-pyrrole nitrogens is 2. The highest BCUT2D eigenvalue weighted by molar-refractivity contribution is 5.74. The Hall–Kier alpha value is -2.73. The molecule has 0 saturated heterocycles. The van der Waals surface area contributed by atoms with Crippen molar-refractivity contribution < 1.29 is 4.39 Å². The number of hydrogen-bond donors (Lipinski definition) is 3. The normalized spacial score (nSPS) is 12.5. The average Bonchev–Trinajstić information content (AvgIpc) is 2.50. The Morgan fingerprint density at radius 1 is 0.955 bits per heavy atom. The number of aromatic amines is 2. The van der Waals surface area contributed by atoms with Crippen LogP contribution in [0.25, 0.3) is 11.0 Å². The molecule has 2 aromatic carbocycles. The number of rotatable bonds is 3. The van der Waals surface area contributed by atoms with Crippen LogP contribution in [0.2, 0.25) is 0 Å². The molecule has 0 aliphatic carbocycles. The van der Waals surface area contributed by atoms with Crippen LogP contribution < -0.4 is 16.9 Å². The maximum Gasteiger partial charge on any atom is 0.314 e. The van der Waals surface area contributed by atoms with Gasteiger partial charge in [-0.25, -0.2) is 4.39 Å². The summed E-state index contributed by atoms with van der Waals surface area (Å²) in [5, 5.41) is 0. The van der Waals surface area contributed by atoms with Crippen LogP contribution in [0.3, 0.4) is 0 Å². The molecule has 3 aromatic rings. The van der Waals surface area contributed by atoms with Crippen molar-refractivity contribution in [3.8, 4) is 0 Å². The lowest BCUT2D eigenvalue weighted by Gasteiger charge is -2.13. The Bertz CT molecular complexity index is 929. The summed E-state index contributed by atoms with van der Waals surface area (Å²) >= 11 is 0. The maximum atomic E-state index is 12.9. The van der Waals surface area contributed by atoms with Gasteiger partial charge < -0.3 is 15.7 Å². The van der Waals surface area contributed by atoms with Crippen molar-refractivity contribution in [2.75, 3.05) is 0 Å². The Kier molecular flexibility index (Phi) is 3.60. The summed E-state index contributed by atoms with van der Waals surface area (Å²) in [5.74, 6) is -0.287. The van der Waals surface area contributed by atoms with Crippen molar-refractivity contribution in [3.05, 3.63) is 80.1 Å². The number of nitrogens with two attached hydrogens (primary N) is 1. The van der Waals surface area contributed by atoms with Gasteiger partial charge in [-0.2, -0.15) is 0 Å². The predicted molar refractivity (Wildman–Crippen MR) is 82.2 cm³/mol. The van der Waals surface area contributed by atoms with Crippen LogP contribution in [0.15, 0.2) is 52.1 Å². The third-order valence-corrected chi connectivity index (χ3v) is 3.54. The second kappa shape index (κ2) is 5.57. The van der Waals surface area contributed by atoms with Gasteiger partial charge in [0, 0.05) is 6.04 Å². The lowest BCUT2D eigenvalue weighted by atomic mass is 9.99. The van der Waals surface area contributed by atoms with Crippen LogP contribution in [-0.2, 0) is 6.42 Å². The van der Waals surface area contributed by atoms with Crippen molar-refractivity contribution in [2.24, 2.45) is 5.73 Å². The quantitative estimate of drug-likeness (QED) is 0.641. The van der Waals surface area contributed by atoms with Gasteiger partial charge in [-0.05, 0) is 41.8 Å². The van der Waals surface area contributed by atoms with Crippen molar-refractivity contribution in [2.45, 2.75) is 12.5 Å². The Morgan fingerprint density at radius 3 is 2.27 bits per heavy atom. The molecule has 0 amide bonds. The molecule has 0 saturated carbocycles. The van der Waals surface area contributed by atoms with E-state index in [1.54, 1.807) is 30.3 Å². The largest absolute Gasteiger partial charge is 0.324 e. The highest BCUT2D eigenvalue weighted by Crippen LogP contribution is 2.19. The number of aromatic nitrogens is 2. The van der Waals surface area contributed by atoms with Crippen molar-refractivity contribution >= 4 is 11.0 Å². The molecule has 22 heavy (non-hydrogen) atoms. The molecule has 6 heteroatoms. The fourth-order valence-corrected chi connectivity index (χ4v) is 2.36. The molecule has 0 radical (unpaired) electrons. The van der Waals surface area contributed by atoms with Crippen LogP contribution in [-0.4, -0.2) is 9.97 Å². The molecule has 1 aromatic heterocycles. The molecule has 0 fully saturated rings. The van der Waals surface area contributed by atoms with Gasteiger partial charge in [-0.15, -0.1) is 0 Å². The molecule has 112 valence electrons. The zero-order valence-corrected chi connectivity index (χ0v) is 11.6. The van der Waals surface area contributed by atoms with Crippen molar-refractivity contribution in [3.63, 3.8) is 0 Å². The summed E-state index contributed by atoms with van der Waals surface area (Å²) in [6, 6.07) is 11.1. The molecule has 0 aliphatic heterocycles. The molecule has 1 unspecified atom stereocenters. The summed E-state index contributed by atoms with van der Waals surface area (Å²) in [4.78, 5) is 27.7. The zero-order valence-electron chi connectivity index (χ0n) is 11.6. The number of halogens is 1. The lowest BCUT2D eigenvalue weighted by molar-refractivity contribution is 0.625. The van der Waals surface area contributed by atoms with Crippen LogP contribution >= 0.6 is 0 Å². The molecular formula is C16H14FN3O2. The fourth-order valence-electron chi connectivity index (χ4n) is 2.36. The van der Waals surface area contributed by atoms with Gasteiger partial charge in [-0.3, -0.25) is 9.59 Å². The Morgan fingerprint density at radius 2 is 1.59 bits per heavy atom. The monoisotopic (exact) mass is 299 g/mol. The van der Waals surface area contributed by atoms with Crippen LogP contribution in [0.1, 0.15) is 17.2 Å². The average molecular weight is 299 g/mol. The van der Waals surface area contributed by atoms with Gasteiger partial charge in [-0.1, -0.05) is 18.2 Å². The second-order valence-electron chi connectivity index (χ2n) is 5.15. The number of benzene rings is 2. The van der Waals surface area contributed by atoms with E-state index in [-0.39, 0.29) is 11.9 Å². The molecule has 0 bridgehead atoms. The standard InChI is InChI=1S/C16H14FN3O2/c17-11-4-1-9(2-5-11)7-12(18)10-3-6-13-14(8-10)20-16(22)15(21)19-13/h1-6,8,12H,7,18H2,(H,19,21)(H,20,22). The van der Waals surface area contributed by atoms with E-state index >= 15 is 0 Å². The molecule has 0 aliphatic rings. The first-order valence-corrected chi connectivity index (χ1v) is 6.79. The van der Waals surface area contributed by atoms with Crippen LogP contribution in [0.4, 0.5) is 4.39 Å². The Labute approximate surface area is 124 Å². The SMILES string of the molecule is NC(Cc1ccc(F)cc1)c1ccc2[nH]c(=O)c(=O)[nH]c2c1. The summed E-state index contributed by atoms with van der Waals surface area (Å²) in [6.07, 6.45) is 0.541. The first-order valence-electron chi connectivity index (χ1n) is 6.79. The Balaban J connectivity index is 1.92.